The average molecular weight is 840 g/mol. The van der Waals surface area contributed by atoms with E-state index in [0.717, 1.165) is 0 Å². The summed E-state index contributed by atoms with van der Waals surface area (Å²) in [5.41, 5.74) is 18.1. The van der Waals surface area contributed by atoms with Gasteiger partial charge in [0.25, 0.3) is 0 Å². The molecule has 3 aliphatic rings. The van der Waals surface area contributed by atoms with Gasteiger partial charge in [0.05, 0.1) is 5.69 Å². The van der Waals surface area contributed by atoms with Crippen molar-refractivity contribution < 1.29 is 0 Å². The van der Waals surface area contributed by atoms with Crippen molar-refractivity contribution in [1.82, 2.24) is 0 Å². The first kappa shape index (κ1) is 38.1. The van der Waals surface area contributed by atoms with Gasteiger partial charge in [-0.2, -0.15) is 0 Å². The maximum Gasteiger partial charge on any atom is 0.249 e. The molecule has 9 aromatic rings. The van der Waals surface area contributed by atoms with Crippen LogP contribution in [-0.4, -0.2) is 14.8 Å². The molecule has 0 aliphatic carbocycles. The smallest absolute Gasteiger partial charge is 0.249 e. The van der Waals surface area contributed by atoms with Gasteiger partial charge in [-0.15, -0.1) is 0 Å². The van der Waals surface area contributed by atoms with Crippen molar-refractivity contribution >= 4 is 80.7 Å². The van der Waals surface area contributed by atoms with E-state index in [1.807, 2.05) is 11.8 Å². The van der Waals surface area contributed by atoms with E-state index in [1.165, 1.54) is 108 Å². The number of aryl methyl sites for hydroxylation is 1. The van der Waals surface area contributed by atoms with Crippen molar-refractivity contribution in [1.29, 1.82) is 0 Å². The molecule has 0 spiro atoms. The lowest BCUT2D eigenvalue weighted by molar-refractivity contribution is 0.590. The molecule has 0 N–H and O–H groups in total. The number of hydrogen-bond donors (Lipinski definition) is 0. The first-order chi connectivity index (χ1) is 30.8. The van der Waals surface area contributed by atoms with Crippen LogP contribution in [0.4, 0.5) is 17.1 Å². The predicted molar refractivity (Wildman–Crippen MR) is 273 cm³/mol. The second kappa shape index (κ2) is 14.5. The predicted octanol–water partition coefficient (Wildman–Crippen LogP) is 10.7. The molecule has 0 unspecified atom stereocenters. The summed E-state index contributed by atoms with van der Waals surface area (Å²) in [4.78, 5) is 5.33. The number of nitrogens with zero attached hydrogens (tertiary/aromatic N) is 1. The largest absolute Gasteiger partial charge is 0.311 e. The summed E-state index contributed by atoms with van der Waals surface area (Å²) in [6.45, 7) is 9.27. The molecule has 0 radical (unpaired) electrons. The van der Waals surface area contributed by atoms with Gasteiger partial charge in [0.2, 0.25) is 6.71 Å². The quantitative estimate of drug-likeness (QED) is 0.159. The molecule has 0 atom stereocenters. The third kappa shape index (κ3) is 5.85. The van der Waals surface area contributed by atoms with E-state index in [2.05, 4.69) is 239 Å². The molecule has 3 aliphatic heterocycles. The Hall–Kier alpha value is -6.59. The molecular formula is C59H46BNSSi. The maximum absolute atomic E-state index is 2.80. The van der Waals surface area contributed by atoms with Crippen molar-refractivity contribution in [3.05, 3.63) is 217 Å². The number of benzene rings is 9. The molecule has 4 heteroatoms. The van der Waals surface area contributed by atoms with Crippen molar-refractivity contribution in [2.45, 2.75) is 42.9 Å². The maximum atomic E-state index is 2.70. The van der Waals surface area contributed by atoms with Crippen molar-refractivity contribution in [3.63, 3.8) is 0 Å². The second-order valence-electron chi connectivity index (χ2n) is 18.5. The van der Waals surface area contributed by atoms with Crippen LogP contribution in [0.25, 0.3) is 33.4 Å². The highest BCUT2D eigenvalue weighted by Crippen LogP contribution is 2.47. The van der Waals surface area contributed by atoms with Crippen molar-refractivity contribution in [2.75, 3.05) is 4.90 Å². The lowest BCUT2D eigenvalue weighted by Gasteiger charge is -2.42. The molecule has 0 amide bonds. The zero-order valence-electron chi connectivity index (χ0n) is 36.1. The van der Waals surface area contributed by atoms with Crippen LogP contribution < -0.4 is 42.0 Å². The molecule has 9 aromatic carbocycles. The zero-order valence-corrected chi connectivity index (χ0v) is 37.9. The molecule has 3 heterocycles. The minimum atomic E-state index is -2.80. The first-order valence-corrected chi connectivity index (χ1v) is 25.0. The highest BCUT2D eigenvalue weighted by Gasteiger charge is 2.51. The molecule has 0 aromatic heterocycles. The molecule has 12 rings (SSSR count). The lowest BCUT2D eigenvalue weighted by atomic mass is 9.34. The standard InChI is InChI=1S/C59H46BNSSi/c1-39-33-53-58-55(34-39)62-54-32-29-42(40-19-9-5-10-20-40)35-50(54)60(58)49-38-57-48(37-52(49)61(53)51-31-30-43(59(2,3)4)36-47(51)41-21-11-6-12-22-41)46-27-17-18-28-56(46)63(57,44-23-13-7-14-24-44)45-25-15-8-16-26-45/h5-38H,1-4H3. The summed E-state index contributed by atoms with van der Waals surface area (Å²) in [6.07, 6.45) is 0. The third-order valence-electron chi connectivity index (χ3n) is 13.8. The van der Waals surface area contributed by atoms with Crippen LogP contribution in [0.15, 0.2) is 216 Å². The topological polar surface area (TPSA) is 3.24 Å². The van der Waals surface area contributed by atoms with E-state index < -0.39 is 8.07 Å². The monoisotopic (exact) mass is 839 g/mol. The summed E-state index contributed by atoms with van der Waals surface area (Å²) in [5, 5.41) is 5.77. The van der Waals surface area contributed by atoms with Gasteiger partial charge < -0.3 is 4.90 Å². The van der Waals surface area contributed by atoms with Gasteiger partial charge in [0.1, 0.15) is 0 Å². The van der Waals surface area contributed by atoms with Crippen molar-refractivity contribution in [2.24, 2.45) is 0 Å². The molecule has 0 fully saturated rings. The highest BCUT2D eigenvalue weighted by molar-refractivity contribution is 8.00. The second-order valence-corrected chi connectivity index (χ2v) is 23.3. The summed E-state index contributed by atoms with van der Waals surface area (Å²) >= 11 is 1.94. The van der Waals surface area contributed by atoms with E-state index >= 15 is 0 Å². The Morgan fingerprint density at radius 2 is 1.08 bits per heavy atom. The Labute approximate surface area is 377 Å². The number of hydrogen-bond acceptors (Lipinski definition) is 2. The fraction of sp³-hybridized carbons (Fsp3) is 0.0847. The van der Waals surface area contributed by atoms with E-state index in [4.69, 9.17) is 0 Å². The number of anilines is 3. The third-order valence-corrected chi connectivity index (χ3v) is 19.8. The zero-order chi connectivity index (χ0) is 42.5. The summed E-state index contributed by atoms with van der Waals surface area (Å²) in [6, 6.07) is 78.8. The molecule has 63 heavy (non-hydrogen) atoms. The minimum absolute atomic E-state index is 0.0142. The fourth-order valence-corrected chi connectivity index (χ4v) is 17.4. The SMILES string of the molecule is Cc1cc2c3c(c1)N(c1ccc(C(C)(C)C)cc1-c1ccccc1)c1cc4c(cc1B3c1cc(-c3ccccc3)ccc1S2)[Si](c1ccccc1)(c1ccccc1)c1ccccc1-4. The Morgan fingerprint density at radius 1 is 0.444 bits per heavy atom. The van der Waals surface area contributed by atoms with Crippen LogP contribution in [0, 0.1) is 6.92 Å². The van der Waals surface area contributed by atoms with Crippen LogP contribution in [0.1, 0.15) is 31.9 Å². The fourth-order valence-electron chi connectivity index (χ4n) is 10.9. The van der Waals surface area contributed by atoms with Crippen LogP contribution in [0.3, 0.4) is 0 Å². The molecular weight excluding hydrogens is 794 g/mol. The van der Waals surface area contributed by atoms with Crippen LogP contribution >= 0.6 is 11.8 Å². The van der Waals surface area contributed by atoms with Gasteiger partial charge in [-0.1, -0.05) is 208 Å². The van der Waals surface area contributed by atoms with Crippen molar-refractivity contribution in [3.8, 4) is 33.4 Å². The van der Waals surface area contributed by atoms with E-state index in [0.29, 0.717) is 0 Å². The highest BCUT2D eigenvalue weighted by atomic mass is 32.2. The Balaban J connectivity index is 1.22. The summed E-state index contributed by atoms with van der Waals surface area (Å²) in [5.74, 6) is 0. The van der Waals surface area contributed by atoms with Gasteiger partial charge >= 0.3 is 0 Å². The first-order valence-electron chi connectivity index (χ1n) is 22.2. The normalized spacial score (nSPS) is 14.0. The Morgan fingerprint density at radius 3 is 1.76 bits per heavy atom. The molecule has 0 saturated carbocycles. The molecule has 1 nitrogen and oxygen atoms in total. The van der Waals surface area contributed by atoms with E-state index in [1.54, 1.807) is 0 Å². The Bertz CT molecular complexity index is 3210. The molecule has 0 saturated heterocycles. The van der Waals surface area contributed by atoms with Crippen LogP contribution in [0.2, 0.25) is 0 Å². The van der Waals surface area contributed by atoms with Gasteiger partial charge in [0.15, 0.2) is 8.07 Å². The lowest BCUT2D eigenvalue weighted by Crippen LogP contribution is -2.73. The minimum Gasteiger partial charge on any atom is -0.311 e. The van der Waals surface area contributed by atoms with Gasteiger partial charge in [0, 0.05) is 26.7 Å². The number of rotatable bonds is 5. The van der Waals surface area contributed by atoms with Gasteiger partial charge in [-0.05, 0) is 119 Å². The van der Waals surface area contributed by atoms with Gasteiger partial charge in [-0.3, -0.25) is 0 Å². The number of fused-ring (bicyclic) bond motifs is 7. The average Bonchev–Trinajstić information content (AvgIpc) is 3.61. The Kier molecular flexibility index (Phi) is 8.77. The van der Waals surface area contributed by atoms with E-state index in [-0.39, 0.29) is 12.1 Å². The molecule has 0 bridgehead atoms. The van der Waals surface area contributed by atoms with Gasteiger partial charge in [-0.25, -0.2) is 0 Å². The van der Waals surface area contributed by atoms with Crippen LogP contribution in [-0.2, 0) is 5.41 Å². The van der Waals surface area contributed by atoms with Crippen LogP contribution in [0.5, 0.6) is 0 Å². The molecule has 300 valence electrons. The summed E-state index contributed by atoms with van der Waals surface area (Å²) < 4.78 is 0. The van der Waals surface area contributed by atoms with E-state index in [9.17, 15) is 0 Å². The summed E-state index contributed by atoms with van der Waals surface area (Å²) in [7, 11) is -2.80.